The number of amides is 1. The van der Waals surface area contributed by atoms with E-state index in [1.165, 1.54) is 28.6 Å². The zero-order valence-electron chi connectivity index (χ0n) is 25.5. The molecule has 2 bridgehead atoms. The maximum Gasteiger partial charge on any atom is 0.416 e. The molecule has 248 valence electrons. The largest absolute Gasteiger partial charge is 0.416 e. The summed E-state index contributed by atoms with van der Waals surface area (Å²) in [6.45, 7) is 4.50. The minimum absolute atomic E-state index is 0.0138. The second kappa shape index (κ2) is 13.6. The summed E-state index contributed by atoms with van der Waals surface area (Å²) in [6.07, 6.45) is -2.39. The van der Waals surface area contributed by atoms with Gasteiger partial charge in [-0.05, 0) is 93.7 Å². The van der Waals surface area contributed by atoms with E-state index in [0.717, 1.165) is 12.5 Å². The Labute approximate surface area is 262 Å². The van der Waals surface area contributed by atoms with Gasteiger partial charge in [0.25, 0.3) is 0 Å². The Hall–Kier alpha value is -2.58. The van der Waals surface area contributed by atoms with Crippen LogP contribution in [0.3, 0.4) is 0 Å². The summed E-state index contributed by atoms with van der Waals surface area (Å²) in [5.74, 6) is -1.71. The number of piperazine rings is 1. The van der Waals surface area contributed by atoms with E-state index in [9.17, 15) is 30.8 Å². The quantitative estimate of drug-likeness (QED) is 0.353. The van der Waals surface area contributed by atoms with Crippen LogP contribution < -0.4 is 16.4 Å². The molecule has 4 N–H and O–H groups in total. The lowest BCUT2D eigenvalue weighted by Crippen LogP contribution is -2.57. The molecule has 7 atom stereocenters. The van der Waals surface area contributed by atoms with Crippen LogP contribution in [0.25, 0.3) is 0 Å². The van der Waals surface area contributed by atoms with Gasteiger partial charge in [0.2, 0.25) is 15.9 Å². The molecule has 0 spiro atoms. The van der Waals surface area contributed by atoms with Crippen LogP contribution in [0.1, 0.15) is 68.6 Å². The summed E-state index contributed by atoms with van der Waals surface area (Å²) < 4.78 is 89.8. The van der Waals surface area contributed by atoms with Gasteiger partial charge in [-0.1, -0.05) is 18.2 Å². The molecule has 0 saturated carbocycles. The highest BCUT2D eigenvalue weighted by molar-refractivity contribution is 7.89. The van der Waals surface area contributed by atoms with E-state index in [0.29, 0.717) is 37.9 Å². The second-order valence-electron chi connectivity index (χ2n) is 12.7. The number of benzene rings is 2. The van der Waals surface area contributed by atoms with Crippen molar-refractivity contribution < 1.29 is 35.5 Å². The monoisotopic (exact) mass is 654 g/mol. The SMILES string of the molecule is CC1CC(C(c2ccc(F)cc2)C(N)C(=O)Nc2cccc(C(F)(F)F)c2CCC2CNC3CCCS(=O)(=O)N2C3)CC(C)O1. The molecule has 3 saturated heterocycles. The van der Waals surface area contributed by atoms with Crippen LogP contribution >= 0.6 is 0 Å². The molecule has 3 heterocycles. The van der Waals surface area contributed by atoms with Gasteiger partial charge in [0, 0.05) is 36.8 Å². The third-order valence-electron chi connectivity index (χ3n) is 9.42. The molecule has 3 fully saturated rings. The van der Waals surface area contributed by atoms with Crippen LogP contribution in [0.5, 0.6) is 0 Å². The first-order valence-electron chi connectivity index (χ1n) is 15.6. The fourth-order valence-corrected chi connectivity index (χ4v) is 9.19. The minimum Gasteiger partial charge on any atom is -0.376 e. The number of ether oxygens (including phenoxy) is 1. The number of alkyl halides is 3. The number of nitrogens with two attached hydrogens (primary N) is 1. The number of carbonyl (C=O) groups excluding carboxylic acids is 1. The smallest absolute Gasteiger partial charge is 0.376 e. The van der Waals surface area contributed by atoms with Crippen molar-refractivity contribution in [1.29, 1.82) is 0 Å². The molecule has 45 heavy (non-hydrogen) atoms. The number of hydrogen-bond donors (Lipinski definition) is 3. The highest BCUT2D eigenvalue weighted by Crippen LogP contribution is 2.40. The maximum atomic E-state index is 14.3. The van der Waals surface area contributed by atoms with Crippen molar-refractivity contribution in [3.63, 3.8) is 0 Å². The Morgan fingerprint density at radius 1 is 1.13 bits per heavy atom. The number of anilines is 1. The molecule has 2 aromatic rings. The summed E-state index contributed by atoms with van der Waals surface area (Å²) in [4.78, 5) is 13.8. The maximum absolute atomic E-state index is 14.3. The van der Waals surface area contributed by atoms with E-state index in [1.807, 2.05) is 13.8 Å². The normalized spacial score (nSPS) is 29.8. The van der Waals surface area contributed by atoms with Crippen molar-refractivity contribution in [3.05, 3.63) is 65.0 Å². The molecule has 13 heteroatoms. The molecule has 3 aliphatic rings. The van der Waals surface area contributed by atoms with Crippen molar-refractivity contribution in [3.8, 4) is 0 Å². The van der Waals surface area contributed by atoms with Crippen LogP contribution in [0, 0.1) is 11.7 Å². The van der Waals surface area contributed by atoms with Crippen LogP contribution in [-0.4, -0.2) is 67.8 Å². The lowest BCUT2D eigenvalue weighted by molar-refractivity contribution is -0.138. The average molecular weight is 655 g/mol. The molecule has 8 nitrogen and oxygen atoms in total. The number of carbonyl (C=O) groups is 1. The first kappa shape index (κ1) is 33.8. The molecule has 1 amide bonds. The number of sulfonamides is 1. The third-order valence-corrected chi connectivity index (χ3v) is 11.4. The number of nitrogens with one attached hydrogen (secondary N) is 2. The van der Waals surface area contributed by atoms with E-state index >= 15 is 0 Å². The van der Waals surface area contributed by atoms with Gasteiger partial charge in [-0.3, -0.25) is 4.79 Å². The van der Waals surface area contributed by atoms with Gasteiger partial charge in [0.1, 0.15) is 5.82 Å². The summed E-state index contributed by atoms with van der Waals surface area (Å²) in [5, 5.41) is 6.03. The van der Waals surface area contributed by atoms with Gasteiger partial charge in [-0.25, -0.2) is 12.8 Å². The Kier molecular flexibility index (Phi) is 10.2. The summed E-state index contributed by atoms with van der Waals surface area (Å²) in [7, 11) is -3.53. The number of hydrogen-bond acceptors (Lipinski definition) is 6. The molecule has 0 aliphatic carbocycles. The second-order valence-corrected chi connectivity index (χ2v) is 14.8. The van der Waals surface area contributed by atoms with Crippen LogP contribution in [-0.2, 0) is 32.2 Å². The van der Waals surface area contributed by atoms with E-state index in [-0.39, 0.29) is 54.0 Å². The summed E-state index contributed by atoms with van der Waals surface area (Å²) >= 11 is 0. The molecule has 2 aromatic carbocycles. The van der Waals surface area contributed by atoms with Crippen LogP contribution in [0.4, 0.5) is 23.2 Å². The topological polar surface area (TPSA) is 114 Å². The fourth-order valence-electron chi connectivity index (χ4n) is 7.38. The van der Waals surface area contributed by atoms with Gasteiger partial charge >= 0.3 is 6.18 Å². The third kappa shape index (κ3) is 7.87. The number of halogens is 4. The Morgan fingerprint density at radius 2 is 1.82 bits per heavy atom. The fraction of sp³-hybridized carbons (Fsp3) is 0.594. The Morgan fingerprint density at radius 3 is 2.49 bits per heavy atom. The first-order valence-corrected chi connectivity index (χ1v) is 17.2. The number of fused-ring (bicyclic) bond motifs is 2. The predicted octanol–water partition coefficient (Wildman–Crippen LogP) is 4.80. The Bertz CT molecular complexity index is 1450. The highest BCUT2D eigenvalue weighted by Gasteiger charge is 2.41. The van der Waals surface area contributed by atoms with Crippen molar-refractivity contribution in [2.24, 2.45) is 11.7 Å². The minimum atomic E-state index is -4.70. The van der Waals surface area contributed by atoms with Gasteiger partial charge in [-0.2, -0.15) is 17.5 Å². The molecule has 5 rings (SSSR count). The molecular formula is C32H42F4N4O4S. The van der Waals surface area contributed by atoms with Crippen LogP contribution in [0.15, 0.2) is 42.5 Å². The number of nitrogens with zero attached hydrogens (tertiary/aromatic N) is 1. The standard InChI is InChI=1S/C32H42F4N4O4S/c1-19-15-22(16-20(2)44-19)29(21-8-10-23(33)11-9-21)30(37)31(41)39-28-7-3-6-27(32(34,35)36)26(28)13-12-25-17-38-24-5-4-14-45(42,43)40(25)18-24/h3,6-11,19-20,22,24-25,29-30,38H,4-5,12-18,37H2,1-2H3,(H,39,41). The van der Waals surface area contributed by atoms with Gasteiger partial charge in [-0.15, -0.1) is 0 Å². The molecule has 3 aliphatic heterocycles. The van der Waals surface area contributed by atoms with Crippen molar-refractivity contribution in [1.82, 2.24) is 9.62 Å². The first-order chi connectivity index (χ1) is 21.2. The van der Waals surface area contributed by atoms with Gasteiger partial charge in [0.05, 0.1) is 29.6 Å². The molecular weight excluding hydrogens is 612 g/mol. The summed E-state index contributed by atoms with van der Waals surface area (Å²) in [5.41, 5.74) is 6.25. The van der Waals surface area contributed by atoms with Crippen LogP contribution in [0.2, 0.25) is 0 Å². The van der Waals surface area contributed by atoms with Crippen molar-refractivity contribution in [2.75, 3.05) is 24.2 Å². The predicted molar refractivity (Wildman–Crippen MR) is 164 cm³/mol. The zero-order valence-corrected chi connectivity index (χ0v) is 26.3. The highest BCUT2D eigenvalue weighted by atomic mass is 32.2. The lowest BCUT2D eigenvalue weighted by atomic mass is 9.74. The van der Waals surface area contributed by atoms with Gasteiger partial charge in [0.15, 0.2) is 0 Å². The molecule has 0 aromatic heterocycles. The van der Waals surface area contributed by atoms with Crippen molar-refractivity contribution in [2.45, 2.75) is 94.8 Å². The van der Waals surface area contributed by atoms with E-state index in [4.69, 9.17) is 10.5 Å². The lowest BCUT2D eigenvalue weighted by Gasteiger charge is -2.39. The van der Waals surface area contributed by atoms with E-state index in [1.54, 1.807) is 12.1 Å². The van der Waals surface area contributed by atoms with Gasteiger partial charge < -0.3 is 21.1 Å². The number of rotatable bonds is 8. The van der Waals surface area contributed by atoms with Crippen molar-refractivity contribution >= 4 is 21.6 Å². The Balaban J connectivity index is 1.41. The molecule has 7 unspecified atom stereocenters. The average Bonchev–Trinajstić information content (AvgIpc) is 3.08. The zero-order chi connectivity index (χ0) is 32.5. The van der Waals surface area contributed by atoms with E-state index < -0.39 is 51.5 Å². The summed E-state index contributed by atoms with van der Waals surface area (Å²) in [6, 6.07) is 7.76. The molecule has 0 radical (unpaired) electrons. The van der Waals surface area contributed by atoms with E-state index in [2.05, 4.69) is 10.6 Å².